The van der Waals surface area contributed by atoms with Gasteiger partial charge in [-0.05, 0) is 36.6 Å². The zero-order chi connectivity index (χ0) is 16.9. The maximum Gasteiger partial charge on any atom is 0.335 e. The molecule has 0 aliphatic carbocycles. The highest BCUT2D eigenvalue weighted by molar-refractivity contribution is 5.87. The first kappa shape index (κ1) is 16.7. The lowest BCUT2D eigenvalue weighted by atomic mass is 10.1. The van der Waals surface area contributed by atoms with Crippen LogP contribution in [0.5, 0.6) is 0 Å². The van der Waals surface area contributed by atoms with Crippen LogP contribution in [0.1, 0.15) is 34.8 Å². The molecule has 2 atom stereocenters. The van der Waals surface area contributed by atoms with E-state index in [-0.39, 0.29) is 0 Å². The van der Waals surface area contributed by atoms with Crippen LogP contribution in [0.3, 0.4) is 0 Å². The van der Waals surface area contributed by atoms with E-state index in [1.165, 1.54) is 5.56 Å². The van der Waals surface area contributed by atoms with Gasteiger partial charge in [-0.25, -0.2) is 4.79 Å². The maximum absolute atomic E-state index is 10.9. The molecule has 4 heteroatoms. The van der Waals surface area contributed by atoms with Gasteiger partial charge < -0.3 is 10.4 Å². The molecule has 0 bridgehead atoms. The van der Waals surface area contributed by atoms with Crippen LogP contribution in [0, 0.1) is 0 Å². The lowest BCUT2D eigenvalue weighted by Crippen LogP contribution is -2.32. The zero-order valence-corrected chi connectivity index (χ0v) is 14.0. The van der Waals surface area contributed by atoms with Gasteiger partial charge in [0.15, 0.2) is 0 Å². The summed E-state index contributed by atoms with van der Waals surface area (Å²) in [4.78, 5) is 13.4. The summed E-state index contributed by atoms with van der Waals surface area (Å²) in [6.07, 6.45) is 1.14. The smallest absolute Gasteiger partial charge is 0.335 e. The van der Waals surface area contributed by atoms with Crippen LogP contribution in [0.25, 0.3) is 0 Å². The SMILES string of the molecule is CC1CC(NCc2ccc(C(=O)O)cc2)CN1Cc1ccccc1. The average Bonchev–Trinajstić information content (AvgIpc) is 2.94. The first-order valence-electron chi connectivity index (χ1n) is 8.45. The number of benzene rings is 2. The van der Waals surface area contributed by atoms with Gasteiger partial charge in [0.1, 0.15) is 0 Å². The van der Waals surface area contributed by atoms with Crippen LogP contribution in [-0.2, 0) is 13.1 Å². The maximum atomic E-state index is 10.9. The van der Waals surface area contributed by atoms with Crippen LogP contribution in [0.15, 0.2) is 54.6 Å². The second-order valence-corrected chi connectivity index (χ2v) is 6.58. The lowest BCUT2D eigenvalue weighted by Gasteiger charge is -2.21. The molecule has 0 spiro atoms. The van der Waals surface area contributed by atoms with Gasteiger partial charge in [0.2, 0.25) is 0 Å². The van der Waals surface area contributed by atoms with Crippen molar-refractivity contribution in [2.24, 2.45) is 0 Å². The fourth-order valence-electron chi connectivity index (χ4n) is 3.31. The van der Waals surface area contributed by atoms with E-state index in [2.05, 4.69) is 47.5 Å². The first-order valence-corrected chi connectivity index (χ1v) is 8.45. The average molecular weight is 324 g/mol. The minimum absolute atomic E-state index is 0.335. The zero-order valence-electron chi connectivity index (χ0n) is 14.0. The van der Waals surface area contributed by atoms with E-state index < -0.39 is 5.97 Å². The fraction of sp³-hybridized carbons (Fsp3) is 0.350. The quantitative estimate of drug-likeness (QED) is 0.857. The summed E-state index contributed by atoms with van der Waals surface area (Å²) in [7, 11) is 0. The molecular weight excluding hydrogens is 300 g/mol. The molecule has 1 aliphatic heterocycles. The predicted molar refractivity (Wildman–Crippen MR) is 95.0 cm³/mol. The third-order valence-corrected chi connectivity index (χ3v) is 4.73. The van der Waals surface area contributed by atoms with Crippen molar-refractivity contribution in [3.05, 3.63) is 71.3 Å². The van der Waals surface area contributed by atoms with Gasteiger partial charge in [0.25, 0.3) is 0 Å². The van der Waals surface area contributed by atoms with Gasteiger partial charge in [-0.1, -0.05) is 42.5 Å². The van der Waals surface area contributed by atoms with E-state index in [0.29, 0.717) is 17.6 Å². The Labute approximate surface area is 143 Å². The van der Waals surface area contributed by atoms with Crippen LogP contribution in [0.4, 0.5) is 0 Å². The molecule has 2 N–H and O–H groups in total. The Morgan fingerprint density at radius 2 is 1.83 bits per heavy atom. The molecule has 1 aliphatic rings. The van der Waals surface area contributed by atoms with Gasteiger partial charge in [-0.3, -0.25) is 4.90 Å². The highest BCUT2D eigenvalue weighted by atomic mass is 16.4. The molecule has 2 unspecified atom stereocenters. The number of hydrogen-bond acceptors (Lipinski definition) is 3. The third-order valence-electron chi connectivity index (χ3n) is 4.73. The van der Waals surface area contributed by atoms with Crippen molar-refractivity contribution in [3.8, 4) is 0 Å². The van der Waals surface area contributed by atoms with E-state index in [4.69, 9.17) is 5.11 Å². The Hall–Kier alpha value is -2.17. The molecule has 1 heterocycles. The summed E-state index contributed by atoms with van der Waals surface area (Å²) in [6, 6.07) is 18.7. The fourth-order valence-corrected chi connectivity index (χ4v) is 3.31. The molecule has 4 nitrogen and oxygen atoms in total. The minimum atomic E-state index is -0.879. The summed E-state index contributed by atoms with van der Waals surface area (Å²) in [5.74, 6) is -0.879. The van der Waals surface area contributed by atoms with Crippen molar-refractivity contribution in [3.63, 3.8) is 0 Å². The monoisotopic (exact) mass is 324 g/mol. The van der Waals surface area contributed by atoms with Gasteiger partial charge in [0.05, 0.1) is 5.56 Å². The highest BCUT2D eigenvalue weighted by Gasteiger charge is 2.28. The van der Waals surface area contributed by atoms with Crippen molar-refractivity contribution >= 4 is 5.97 Å². The van der Waals surface area contributed by atoms with E-state index in [0.717, 1.165) is 31.6 Å². The third kappa shape index (κ3) is 4.22. The lowest BCUT2D eigenvalue weighted by molar-refractivity contribution is 0.0697. The second kappa shape index (κ2) is 7.60. The van der Waals surface area contributed by atoms with Crippen LogP contribution >= 0.6 is 0 Å². The molecule has 2 aromatic rings. The number of hydrogen-bond donors (Lipinski definition) is 2. The van der Waals surface area contributed by atoms with Gasteiger partial charge in [-0.2, -0.15) is 0 Å². The van der Waals surface area contributed by atoms with Crippen molar-refractivity contribution in [1.29, 1.82) is 0 Å². The molecule has 0 radical (unpaired) electrons. The number of carbonyl (C=O) groups is 1. The summed E-state index contributed by atoms with van der Waals surface area (Å²) in [6.45, 7) is 5.10. The number of likely N-dealkylation sites (tertiary alicyclic amines) is 1. The Balaban J connectivity index is 1.51. The van der Waals surface area contributed by atoms with Gasteiger partial charge in [-0.15, -0.1) is 0 Å². The van der Waals surface area contributed by atoms with Gasteiger partial charge >= 0.3 is 5.97 Å². The van der Waals surface area contributed by atoms with Crippen LogP contribution in [-0.4, -0.2) is 34.6 Å². The normalized spacial score (nSPS) is 21.0. The molecule has 1 saturated heterocycles. The molecule has 126 valence electrons. The van der Waals surface area contributed by atoms with E-state index in [1.807, 2.05) is 12.1 Å². The number of rotatable bonds is 6. The predicted octanol–water partition coefficient (Wildman–Crippen LogP) is 3.14. The molecule has 24 heavy (non-hydrogen) atoms. The highest BCUT2D eigenvalue weighted by Crippen LogP contribution is 2.20. The Morgan fingerprint density at radius 3 is 2.50 bits per heavy atom. The topological polar surface area (TPSA) is 52.6 Å². The van der Waals surface area contributed by atoms with Crippen molar-refractivity contribution in [1.82, 2.24) is 10.2 Å². The Morgan fingerprint density at radius 1 is 1.12 bits per heavy atom. The van der Waals surface area contributed by atoms with Crippen molar-refractivity contribution in [2.75, 3.05) is 6.54 Å². The molecule has 1 fully saturated rings. The molecule has 0 saturated carbocycles. The van der Waals surface area contributed by atoms with Crippen LogP contribution < -0.4 is 5.32 Å². The van der Waals surface area contributed by atoms with Crippen LogP contribution in [0.2, 0.25) is 0 Å². The molecule has 0 aromatic heterocycles. The number of nitrogens with one attached hydrogen (secondary N) is 1. The summed E-state index contributed by atoms with van der Waals surface area (Å²) in [5.41, 5.74) is 2.81. The summed E-state index contributed by atoms with van der Waals surface area (Å²) < 4.78 is 0. The van der Waals surface area contributed by atoms with E-state index in [1.54, 1.807) is 12.1 Å². The van der Waals surface area contributed by atoms with E-state index in [9.17, 15) is 4.79 Å². The number of carboxylic acids is 1. The Bertz CT molecular complexity index is 670. The van der Waals surface area contributed by atoms with E-state index >= 15 is 0 Å². The van der Waals surface area contributed by atoms with Crippen molar-refractivity contribution in [2.45, 2.75) is 38.5 Å². The van der Waals surface area contributed by atoms with Gasteiger partial charge in [0, 0.05) is 31.7 Å². The number of carboxylic acid groups (broad SMARTS) is 1. The largest absolute Gasteiger partial charge is 0.478 e. The molecular formula is C20H24N2O2. The second-order valence-electron chi connectivity index (χ2n) is 6.58. The summed E-state index contributed by atoms with van der Waals surface area (Å²) >= 11 is 0. The standard InChI is InChI=1S/C20H24N2O2/c1-15-11-19(14-22(15)13-17-5-3-2-4-6-17)21-12-16-7-9-18(10-8-16)20(23)24/h2-10,15,19,21H,11-14H2,1H3,(H,23,24). The number of aromatic carboxylic acids is 1. The van der Waals surface area contributed by atoms with Crippen molar-refractivity contribution < 1.29 is 9.90 Å². The first-order chi connectivity index (χ1) is 11.6. The molecule has 0 amide bonds. The summed E-state index contributed by atoms with van der Waals surface area (Å²) in [5, 5.41) is 12.5. The molecule has 3 rings (SSSR count). The molecule has 2 aromatic carbocycles. The number of nitrogens with zero attached hydrogens (tertiary/aromatic N) is 1. The Kier molecular flexibility index (Phi) is 5.28. The minimum Gasteiger partial charge on any atom is -0.478 e.